The van der Waals surface area contributed by atoms with E-state index in [1.165, 1.54) is 12.8 Å². The van der Waals surface area contributed by atoms with Gasteiger partial charge in [-0.05, 0) is 51.7 Å². The summed E-state index contributed by atoms with van der Waals surface area (Å²) in [6, 6.07) is -0.347. The summed E-state index contributed by atoms with van der Waals surface area (Å²) in [7, 11) is 0. The zero-order valence-electron chi connectivity index (χ0n) is 12.7. The Hall–Kier alpha value is -1.30. The first-order valence-corrected chi connectivity index (χ1v) is 8.14. The molecule has 2 rings (SSSR count). The number of nitrogens with one attached hydrogen (secondary N) is 2. The molecule has 0 atom stereocenters. The molecule has 6 heteroatoms. The van der Waals surface area contributed by atoms with E-state index < -0.39 is 11.5 Å². The molecule has 0 bridgehead atoms. The second-order valence-electron chi connectivity index (χ2n) is 6.23. The third-order valence-electron chi connectivity index (χ3n) is 4.60. The van der Waals surface area contributed by atoms with Crippen LogP contribution in [0.3, 0.4) is 0 Å². The number of aliphatic carboxylic acids is 1. The number of rotatable bonds is 6. The van der Waals surface area contributed by atoms with E-state index in [0.29, 0.717) is 19.4 Å². The predicted molar refractivity (Wildman–Crippen MR) is 80.3 cm³/mol. The molecule has 6 nitrogen and oxygen atoms in total. The maximum absolute atomic E-state index is 11.9. The van der Waals surface area contributed by atoms with Gasteiger partial charge in [-0.15, -0.1) is 0 Å². The van der Waals surface area contributed by atoms with Crippen molar-refractivity contribution in [3.63, 3.8) is 0 Å². The van der Waals surface area contributed by atoms with Crippen LogP contribution in [0.4, 0.5) is 4.79 Å². The Kier molecular flexibility index (Phi) is 5.85. The lowest BCUT2D eigenvalue weighted by atomic mass is 9.82. The molecule has 0 unspecified atom stereocenters. The van der Waals surface area contributed by atoms with Gasteiger partial charge in [0.15, 0.2) is 0 Å². The quantitative estimate of drug-likeness (QED) is 0.650. The lowest BCUT2D eigenvalue weighted by Gasteiger charge is -2.33. The van der Waals surface area contributed by atoms with Gasteiger partial charge in [0.05, 0.1) is 0 Å². The van der Waals surface area contributed by atoms with Crippen LogP contribution in [-0.4, -0.2) is 53.7 Å². The van der Waals surface area contributed by atoms with Crippen LogP contribution >= 0.6 is 0 Å². The molecule has 1 saturated carbocycles. The Morgan fingerprint density at radius 2 is 1.71 bits per heavy atom. The van der Waals surface area contributed by atoms with Crippen molar-refractivity contribution in [1.82, 2.24) is 15.5 Å². The highest BCUT2D eigenvalue weighted by atomic mass is 16.4. The van der Waals surface area contributed by atoms with Crippen LogP contribution in [0.15, 0.2) is 0 Å². The number of hydrogen-bond donors (Lipinski definition) is 3. The molecule has 1 aliphatic heterocycles. The van der Waals surface area contributed by atoms with E-state index >= 15 is 0 Å². The van der Waals surface area contributed by atoms with Crippen molar-refractivity contribution in [2.45, 2.75) is 56.9 Å². The van der Waals surface area contributed by atoms with E-state index in [1.54, 1.807) is 0 Å². The van der Waals surface area contributed by atoms with Gasteiger partial charge < -0.3 is 20.6 Å². The molecule has 1 saturated heterocycles. The Balaban J connectivity index is 1.68. The van der Waals surface area contributed by atoms with Crippen LogP contribution in [0, 0.1) is 0 Å². The Morgan fingerprint density at radius 1 is 1.05 bits per heavy atom. The minimum Gasteiger partial charge on any atom is -0.480 e. The molecular formula is C15H27N3O3. The molecule has 3 N–H and O–H groups in total. The first-order valence-electron chi connectivity index (χ1n) is 8.14. The summed E-state index contributed by atoms with van der Waals surface area (Å²) in [5, 5.41) is 14.9. The Labute approximate surface area is 126 Å². The average Bonchev–Trinajstić information content (AvgIpc) is 2.98. The van der Waals surface area contributed by atoms with E-state index in [1.807, 2.05) is 0 Å². The molecule has 0 radical (unpaired) electrons. The highest BCUT2D eigenvalue weighted by molar-refractivity contribution is 5.86. The Bertz CT molecular complexity index is 361. The summed E-state index contributed by atoms with van der Waals surface area (Å²) in [6.07, 6.45) is 7.29. The topological polar surface area (TPSA) is 81.7 Å². The minimum absolute atomic E-state index is 0.347. The normalized spacial score (nSPS) is 21.9. The highest BCUT2D eigenvalue weighted by Gasteiger charge is 2.40. The lowest BCUT2D eigenvalue weighted by Crippen LogP contribution is -2.58. The number of urea groups is 1. The molecule has 0 spiro atoms. The molecule has 2 amide bonds. The molecule has 2 aliphatic rings. The fourth-order valence-corrected chi connectivity index (χ4v) is 3.32. The molecule has 1 heterocycles. The molecule has 2 fully saturated rings. The summed E-state index contributed by atoms with van der Waals surface area (Å²) in [4.78, 5) is 25.8. The molecular weight excluding hydrogens is 270 g/mol. The van der Waals surface area contributed by atoms with Crippen LogP contribution in [-0.2, 0) is 4.79 Å². The number of hydrogen-bond acceptors (Lipinski definition) is 3. The standard InChI is InChI=1S/C15H27N3O3/c19-13(20)15(7-2-1-3-8-15)17-14(21)16-9-6-12-18-10-4-5-11-18/h1-12H2,(H,19,20)(H2,16,17,21). The SMILES string of the molecule is O=C(NCCCN1CCCC1)NC1(C(=O)O)CCCCC1. The second kappa shape index (κ2) is 7.64. The fourth-order valence-electron chi connectivity index (χ4n) is 3.32. The van der Waals surface area contributed by atoms with Crippen LogP contribution in [0.5, 0.6) is 0 Å². The predicted octanol–water partition coefficient (Wildman–Crippen LogP) is 1.56. The number of carbonyl (C=O) groups excluding carboxylic acids is 1. The number of likely N-dealkylation sites (tertiary alicyclic amines) is 1. The van der Waals surface area contributed by atoms with Crippen LogP contribution in [0.2, 0.25) is 0 Å². The zero-order chi connectivity index (χ0) is 15.1. The van der Waals surface area contributed by atoms with Gasteiger partial charge in [0, 0.05) is 6.54 Å². The molecule has 0 aromatic heterocycles. The number of carboxylic acids is 1. The maximum Gasteiger partial charge on any atom is 0.329 e. The van der Waals surface area contributed by atoms with Gasteiger partial charge in [0.25, 0.3) is 0 Å². The molecule has 0 aromatic carbocycles. The number of carboxylic acid groups (broad SMARTS) is 1. The molecule has 0 aromatic rings. The van der Waals surface area contributed by atoms with Crippen molar-refractivity contribution in [1.29, 1.82) is 0 Å². The van der Waals surface area contributed by atoms with Crippen molar-refractivity contribution < 1.29 is 14.7 Å². The van der Waals surface area contributed by atoms with Crippen molar-refractivity contribution in [3.05, 3.63) is 0 Å². The van der Waals surface area contributed by atoms with Gasteiger partial charge in [-0.1, -0.05) is 19.3 Å². The summed E-state index contributed by atoms with van der Waals surface area (Å²) < 4.78 is 0. The maximum atomic E-state index is 11.9. The zero-order valence-corrected chi connectivity index (χ0v) is 12.7. The average molecular weight is 297 g/mol. The van der Waals surface area contributed by atoms with E-state index in [0.717, 1.165) is 45.3 Å². The number of carbonyl (C=O) groups is 2. The second-order valence-corrected chi connectivity index (χ2v) is 6.23. The van der Waals surface area contributed by atoms with Gasteiger partial charge in [0.2, 0.25) is 0 Å². The van der Waals surface area contributed by atoms with Gasteiger partial charge in [0.1, 0.15) is 5.54 Å². The van der Waals surface area contributed by atoms with E-state index in [4.69, 9.17) is 0 Å². The van der Waals surface area contributed by atoms with E-state index in [9.17, 15) is 14.7 Å². The third-order valence-corrected chi connectivity index (χ3v) is 4.60. The number of amides is 2. The summed E-state index contributed by atoms with van der Waals surface area (Å²) in [6.45, 7) is 3.92. The van der Waals surface area contributed by atoms with Crippen LogP contribution < -0.4 is 10.6 Å². The molecule has 21 heavy (non-hydrogen) atoms. The van der Waals surface area contributed by atoms with E-state index in [-0.39, 0.29) is 6.03 Å². The Morgan fingerprint density at radius 3 is 2.33 bits per heavy atom. The fraction of sp³-hybridized carbons (Fsp3) is 0.867. The minimum atomic E-state index is -1.06. The first kappa shape index (κ1) is 16.1. The van der Waals surface area contributed by atoms with Crippen LogP contribution in [0.1, 0.15) is 51.4 Å². The summed E-state index contributed by atoms with van der Waals surface area (Å²) >= 11 is 0. The number of nitrogens with zero attached hydrogens (tertiary/aromatic N) is 1. The third kappa shape index (κ3) is 4.59. The first-order chi connectivity index (χ1) is 10.1. The van der Waals surface area contributed by atoms with Gasteiger partial charge in [-0.2, -0.15) is 0 Å². The molecule has 1 aliphatic carbocycles. The molecule has 120 valence electrons. The van der Waals surface area contributed by atoms with Crippen molar-refractivity contribution in [3.8, 4) is 0 Å². The van der Waals surface area contributed by atoms with Gasteiger partial charge >= 0.3 is 12.0 Å². The monoisotopic (exact) mass is 297 g/mol. The smallest absolute Gasteiger partial charge is 0.329 e. The van der Waals surface area contributed by atoms with Crippen molar-refractivity contribution in [2.24, 2.45) is 0 Å². The van der Waals surface area contributed by atoms with E-state index in [2.05, 4.69) is 15.5 Å². The van der Waals surface area contributed by atoms with Crippen molar-refractivity contribution >= 4 is 12.0 Å². The van der Waals surface area contributed by atoms with Gasteiger partial charge in [-0.25, -0.2) is 9.59 Å². The summed E-state index contributed by atoms with van der Waals surface area (Å²) in [5.74, 6) is -0.908. The van der Waals surface area contributed by atoms with Gasteiger partial charge in [-0.3, -0.25) is 0 Å². The summed E-state index contributed by atoms with van der Waals surface area (Å²) in [5.41, 5.74) is -1.06. The van der Waals surface area contributed by atoms with Crippen LogP contribution in [0.25, 0.3) is 0 Å². The lowest BCUT2D eigenvalue weighted by molar-refractivity contribution is -0.145. The highest BCUT2D eigenvalue weighted by Crippen LogP contribution is 2.28. The largest absolute Gasteiger partial charge is 0.480 e. The van der Waals surface area contributed by atoms with Crippen molar-refractivity contribution in [2.75, 3.05) is 26.2 Å².